The van der Waals surface area contributed by atoms with Crippen molar-refractivity contribution in [2.75, 3.05) is 0 Å². The van der Waals surface area contributed by atoms with Gasteiger partial charge in [-0.3, -0.25) is 0 Å². The van der Waals surface area contributed by atoms with Crippen molar-refractivity contribution in [2.45, 2.75) is 6.42 Å². The second-order valence-electron chi connectivity index (χ2n) is 14.5. The zero-order valence-electron chi connectivity index (χ0n) is 32.5. The Morgan fingerprint density at radius 1 is 0.404 bits per heavy atom. The summed E-state index contributed by atoms with van der Waals surface area (Å²) in [6.45, 7) is 0. The third-order valence-corrected chi connectivity index (χ3v) is 11.2. The average Bonchev–Trinajstić information content (AvgIpc) is 3.87. The molecule has 0 spiro atoms. The Kier molecular flexibility index (Phi) is 6.49. The van der Waals surface area contributed by atoms with Gasteiger partial charge in [-0.05, 0) is 85.4 Å². The van der Waals surface area contributed by atoms with E-state index < -0.39 is 0 Å². The van der Waals surface area contributed by atoms with E-state index in [1.165, 1.54) is 32.3 Å². The minimum absolute atomic E-state index is 0.326. The van der Waals surface area contributed by atoms with E-state index >= 15 is 0 Å². The van der Waals surface area contributed by atoms with Gasteiger partial charge in [0.15, 0.2) is 11.6 Å². The maximum absolute atomic E-state index is 9.20. The van der Waals surface area contributed by atoms with E-state index in [2.05, 4.69) is 78.9 Å². The number of hydrogen-bond donors (Lipinski definition) is 0. The second kappa shape index (κ2) is 12.4. The highest BCUT2D eigenvalue weighted by Gasteiger charge is 2.19. The van der Waals surface area contributed by atoms with Crippen LogP contribution >= 0.6 is 0 Å². The lowest BCUT2D eigenvalue weighted by molar-refractivity contribution is 0.668. The standard InChI is InChI=1S/C52H31N3O2/c1-2-12-31(13-3-1)51-53-48(54-52(55-51)42-21-11-20-41-40-19-8-9-22-45(40)57-50(41)42)30-34-14-10-23-47-49(34)44-29-33(25-27-46(44)56-47)32-24-26-39-37-17-5-4-15-35(37)36-16-6-7-18-38(36)43(39)28-32/h1-29H,30H2/i22D,27D. The molecule has 12 aromatic rings. The normalized spacial score (nSPS) is 12.4. The third-order valence-electron chi connectivity index (χ3n) is 11.2. The fourth-order valence-electron chi connectivity index (χ4n) is 8.59. The number of rotatable bonds is 5. The molecule has 3 aromatic heterocycles. The van der Waals surface area contributed by atoms with Gasteiger partial charge in [0.05, 0.1) is 8.30 Å². The van der Waals surface area contributed by atoms with E-state index in [4.69, 9.17) is 25.2 Å². The molecule has 0 saturated heterocycles. The summed E-state index contributed by atoms with van der Waals surface area (Å²) in [6.07, 6.45) is 0.390. The molecule has 9 aromatic carbocycles. The predicted molar refractivity (Wildman–Crippen MR) is 232 cm³/mol. The van der Waals surface area contributed by atoms with Crippen LogP contribution in [0.3, 0.4) is 0 Å². The quantitative estimate of drug-likeness (QED) is 0.165. The van der Waals surface area contributed by atoms with Gasteiger partial charge < -0.3 is 8.83 Å². The number of hydrogen-bond acceptors (Lipinski definition) is 5. The second-order valence-corrected chi connectivity index (χ2v) is 14.5. The van der Waals surface area contributed by atoms with Crippen molar-refractivity contribution in [3.8, 4) is 33.9 Å². The molecule has 0 atom stereocenters. The van der Waals surface area contributed by atoms with Crippen LogP contribution in [0.25, 0.3) is 110 Å². The Labute approximate surface area is 329 Å². The molecule has 0 saturated carbocycles. The van der Waals surface area contributed by atoms with Gasteiger partial charge in [-0.25, -0.2) is 15.0 Å². The van der Waals surface area contributed by atoms with E-state index in [-0.39, 0.29) is 0 Å². The molecular weight excluding hydrogens is 699 g/mol. The first-order valence-corrected chi connectivity index (χ1v) is 19.1. The lowest BCUT2D eigenvalue weighted by Crippen LogP contribution is -2.04. The van der Waals surface area contributed by atoms with Crippen molar-refractivity contribution in [3.63, 3.8) is 0 Å². The predicted octanol–water partition coefficient (Wildman–Crippen LogP) is 13.7. The summed E-state index contributed by atoms with van der Waals surface area (Å²) < 4.78 is 30.5. The van der Waals surface area contributed by atoms with Gasteiger partial charge in [-0.1, -0.05) is 140 Å². The van der Waals surface area contributed by atoms with Crippen LogP contribution in [0.5, 0.6) is 0 Å². The molecule has 0 unspecified atom stereocenters. The van der Waals surface area contributed by atoms with E-state index in [0.717, 1.165) is 49.4 Å². The van der Waals surface area contributed by atoms with E-state index in [1.54, 1.807) is 6.07 Å². The molecule has 0 fully saturated rings. The molecule has 0 N–H and O–H groups in total. The first-order valence-electron chi connectivity index (χ1n) is 20.1. The van der Waals surface area contributed by atoms with Gasteiger partial charge in [0, 0.05) is 33.5 Å². The van der Waals surface area contributed by atoms with Crippen LogP contribution in [0.1, 0.15) is 14.1 Å². The first-order chi connectivity index (χ1) is 29.1. The minimum Gasteiger partial charge on any atom is -0.456 e. The van der Waals surface area contributed by atoms with Crippen LogP contribution in [0.4, 0.5) is 0 Å². The van der Waals surface area contributed by atoms with Crippen molar-refractivity contribution < 1.29 is 11.6 Å². The topological polar surface area (TPSA) is 65.0 Å². The number of fused-ring (bicyclic) bond motifs is 12. The fourth-order valence-corrected chi connectivity index (χ4v) is 8.59. The lowest BCUT2D eigenvalue weighted by atomic mass is 9.92. The highest BCUT2D eigenvalue weighted by atomic mass is 16.3. The highest BCUT2D eigenvalue weighted by Crippen LogP contribution is 2.40. The molecule has 3 heterocycles. The van der Waals surface area contributed by atoms with Crippen LogP contribution in [-0.4, -0.2) is 15.0 Å². The smallest absolute Gasteiger partial charge is 0.167 e. The number of aromatic nitrogens is 3. The number of para-hydroxylation sites is 2. The Balaban J connectivity index is 1.02. The van der Waals surface area contributed by atoms with Gasteiger partial charge >= 0.3 is 0 Å². The van der Waals surface area contributed by atoms with Crippen LogP contribution < -0.4 is 0 Å². The summed E-state index contributed by atoms with van der Waals surface area (Å²) >= 11 is 0. The maximum atomic E-state index is 9.20. The van der Waals surface area contributed by atoms with Crippen LogP contribution in [0, 0.1) is 0 Å². The molecule has 0 aliphatic heterocycles. The number of furan rings is 2. The Hall–Kier alpha value is -7.63. The molecule has 0 amide bonds. The summed E-state index contributed by atoms with van der Waals surface area (Å²) in [5.41, 5.74) is 6.96. The van der Waals surface area contributed by atoms with Crippen LogP contribution in [-0.2, 0) is 6.42 Å². The van der Waals surface area contributed by atoms with Gasteiger partial charge in [0.25, 0.3) is 0 Å². The van der Waals surface area contributed by atoms with Gasteiger partial charge in [0.1, 0.15) is 28.2 Å². The average molecular weight is 732 g/mol. The molecule has 5 nitrogen and oxygen atoms in total. The van der Waals surface area contributed by atoms with E-state index in [1.807, 2.05) is 78.9 Å². The van der Waals surface area contributed by atoms with Gasteiger partial charge in [-0.2, -0.15) is 0 Å². The fraction of sp³-hybridized carbons (Fsp3) is 0.0192. The number of benzene rings is 9. The first kappa shape index (κ1) is 29.7. The molecule has 266 valence electrons. The Morgan fingerprint density at radius 2 is 1.04 bits per heavy atom. The molecule has 57 heavy (non-hydrogen) atoms. The van der Waals surface area contributed by atoms with Gasteiger partial charge in [-0.15, -0.1) is 0 Å². The van der Waals surface area contributed by atoms with Crippen molar-refractivity contribution in [1.29, 1.82) is 0 Å². The molecule has 0 aliphatic carbocycles. The van der Waals surface area contributed by atoms with Crippen molar-refractivity contribution in [2.24, 2.45) is 0 Å². The molecule has 0 aliphatic rings. The largest absolute Gasteiger partial charge is 0.456 e. The molecule has 12 rings (SSSR count). The van der Waals surface area contributed by atoms with Gasteiger partial charge in [0.2, 0.25) is 0 Å². The summed E-state index contributed by atoms with van der Waals surface area (Å²) in [5, 5.41) is 10.9. The van der Waals surface area contributed by atoms with Crippen molar-refractivity contribution in [3.05, 3.63) is 187 Å². The lowest BCUT2D eigenvalue weighted by Gasteiger charge is -2.12. The third kappa shape index (κ3) is 5.06. The van der Waals surface area contributed by atoms with Crippen LogP contribution in [0.2, 0.25) is 0 Å². The monoisotopic (exact) mass is 731 g/mol. The summed E-state index contributed by atoms with van der Waals surface area (Å²) in [5.74, 6) is 1.62. The van der Waals surface area contributed by atoms with E-state index in [0.29, 0.717) is 58.3 Å². The Morgan fingerprint density at radius 3 is 1.86 bits per heavy atom. The number of nitrogens with zero attached hydrogens (tertiary/aromatic N) is 3. The molecule has 0 radical (unpaired) electrons. The summed E-state index contributed by atoms with van der Waals surface area (Å²) in [4.78, 5) is 15.1. The zero-order valence-corrected chi connectivity index (χ0v) is 30.5. The maximum Gasteiger partial charge on any atom is 0.167 e. The summed E-state index contributed by atoms with van der Waals surface area (Å²) in [7, 11) is 0. The zero-order chi connectivity index (χ0) is 39.2. The SMILES string of the molecule is [2H]c1cccc2c1oc1c(-c3nc(Cc4cccc5oc6c([2H])cc(-c7ccc8c9ccccc9c9ccccc9c8c7)cc6c45)nc(-c4ccccc4)n3)cccc12. The van der Waals surface area contributed by atoms with Crippen LogP contribution in [0.15, 0.2) is 185 Å². The Bertz CT molecular complexity index is 3650. The highest BCUT2D eigenvalue weighted by molar-refractivity contribution is 6.25. The molecular formula is C52H31N3O2. The van der Waals surface area contributed by atoms with Crippen molar-refractivity contribution >= 4 is 76.2 Å². The van der Waals surface area contributed by atoms with Crippen molar-refractivity contribution in [1.82, 2.24) is 15.0 Å². The molecule has 5 heteroatoms. The summed E-state index contributed by atoms with van der Waals surface area (Å²) in [6, 6.07) is 56.0. The molecule has 0 bridgehead atoms. The van der Waals surface area contributed by atoms with E-state index in [9.17, 15) is 1.37 Å². The minimum atomic E-state index is 0.326.